The van der Waals surface area contributed by atoms with Gasteiger partial charge in [0.05, 0.1) is 0 Å². The van der Waals surface area contributed by atoms with Gasteiger partial charge in [0.15, 0.2) is 6.23 Å². The predicted octanol–water partition coefficient (Wildman–Crippen LogP) is 4.64. The van der Waals surface area contributed by atoms with E-state index >= 15 is 0 Å². The van der Waals surface area contributed by atoms with Crippen molar-refractivity contribution in [3.05, 3.63) is 71.3 Å². The Bertz CT molecular complexity index is 930. The minimum Gasteiger partial charge on any atom is -0.469 e. The molecule has 0 bridgehead atoms. The van der Waals surface area contributed by atoms with Crippen LogP contribution in [-0.2, 0) is 6.42 Å². The Hall–Kier alpha value is -2.48. The highest BCUT2D eigenvalue weighted by molar-refractivity contribution is 5.89. The van der Waals surface area contributed by atoms with Crippen LogP contribution in [0.1, 0.15) is 22.6 Å². The molecular formula is C21H19NO. The van der Waals surface area contributed by atoms with Crippen molar-refractivity contribution in [1.82, 2.24) is 0 Å². The molecule has 0 amide bonds. The quantitative estimate of drug-likeness (QED) is 0.599. The minimum absolute atomic E-state index is 0.111. The number of hydrogen-bond acceptors (Lipinski definition) is 2. The molecule has 2 atom stereocenters. The van der Waals surface area contributed by atoms with Gasteiger partial charge in [0.1, 0.15) is 5.75 Å². The second-order valence-corrected chi connectivity index (χ2v) is 6.71. The molecule has 23 heavy (non-hydrogen) atoms. The van der Waals surface area contributed by atoms with Crippen molar-refractivity contribution in [3.8, 4) is 5.75 Å². The predicted molar refractivity (Wildman–Crippen MR) is 94.4 cm³/mol. The van der Waals surface area contributed by atoms with Gasteiger partial charge in [0.25, 0.3) is 0 Å². The Balaban J connectivity index is 1.73. The Morgan fingerprint density at radius 1 is 1.04 bits per heavy atom. The molecule has 0 aromatic heterocycles. The molecule has 0 unspecified atom stereocenters. The normalized spacial score (nSPS) is 21.6. The molecule has 3 aromatic rings. The highest BCUT2D eigenvalue weighted by Crippen LogP contribution is 2.49. The van der Waals surface area contributed by atoms with Crippen LogP contribution in [0, 0.1) is 6.92 Å². The Labute approximate surface area is 136 Å². The molecule has 114 valence electrons. The van der Waals surface area contributed by atoms with Gasteiger partial charge in [-0.25, -0.2) is 0 Å². The van der Waals surface area contributed by atoms with Gasteiger partial charge >= 0.3 is 0 Å². The molecular weight excluding hydrogens is 282 g/mol. The average molecular weight is 301 g/mol. The maximum absolute atomic E-state index is 6.52. The number of nitrogens with zero attached hydrogens (tertiary/aromatic N) is 1. The summed E-state index contributed by atoms with van der Waals surface area (Å²) >= 11 is 0. The van der Waals surface area contributed by atoms with E-state index in [9.17, 15) is 0 Å². The Morgan fingerprint density at radius 3 is 2.74 bits per heavy atom. The van der Waals surface area contributed by atoms with Crippen LogP contribution in [0.2, 0.25) is 0 Å². The van der Waals surface area contributed by atoms with E-state index < -0.39 is 0 Å². The van der Waals surface area contributed by atoms with Crippen LogP contribution in [0.4, 0.5) is 5.69 Å². The van der Waals surface area contributed by atoms with Crippen molar-refractivity contribution in [2.75, 3.05) is 11.9 Å². The van der Waals surface area contributed by atoms with Gasteiger partial charge in [0.2, 0.25) is 0 Å². The van der Waals surface area contributed by atoms with E-state index in [2.05, 4.69) is 73.5 Å². The van der Waals surface area contributed by atoms with Crippen LogP contribution >= 0.6 is 0 Å². The second-order valence-electron chi connectivity index (χ2n) is 6.71. The van der Waals surface area contributed by atoms with Crippen LogP contribution in [-0.4, -0.2) is 13.3 Å². The monoisotopic (exact) mass is 301 g/mol. The lowest BCUT2D eigenvalue weighted by molar-refractivity contribution is 0.161. The zero-order chi connectivity index (χ0) is 15.6. The molecule has 0 N–H and O–H groups in total. The lowest BCUT2D eigenvalue weighted by Crippen LogP contribution is -2.39. The third kappa shape index (κ3) is 1.69. The summed E-state index contributed by atoms with van der Waals surface area (Å²) < 4.78 is 6.52. The lowest BCUT2D eigenvalue weighted by Gasteiger charge is -2.34. The molecule has 0 saturated carbocycles. The van der Waals surface area contributed by atoms with E-state index in [1.54, 1.807) is 0 Å². The summed E-state index contributed by atoms with van der Waals surface area (Å²) in [5.74, 6) is 1.50. The number of para-hydroxylation sites is 1. The molecule has 0 radical (unpaired) electrons. The number of ether oxygens (including phenoxy) is 1. The van der Waals surface area contributed by atoms with Crippen molar-refractivity contribution in [3.63, 3.8) is 0 Å². The van der Waals surface area contributed by atoms with Gasteiger partial charge < -0.3 is 9.64 Å². The molecule has 5 rings (SSSR count). The smallest absolute Gasteiger partial charge is 0.179 e. The Morgan fingerprint density at radius 2 is 1.83 bits per heavy atom. The topological polar surface area (TPSA) is 12.5 Å². The summed E-state index contributed by atoms with van der Waals surface area (Å²) in [4.78, 5) is 2.29. The third-order valence-corrected chi connectivity index (χ3v) is 5.39. The minimum atomic E-state index is 0.111. The first-order valence-electron chi connectivity index (χ1n) is 8.23. The fourth-order valence-electron chi connectivity index (χ4n) is 4.32. The van der Waals surface area contributed by atoms with Gasteiger partial charge in [-0.2, -0.15) is 0 Å². The standard InChI is InChI=1S/C21H19NO/c1-13-11-14-7-3-4-8-15(14)17-12-18-16-9-5-6-10-19(16)22(2)21(18)23-20(13)17/h3-11,18,21H,12H2,1-2H3/t18-,21-/m0/s1. The lowest BCUT2D eigenvalue weighted by atomic mass is 9.86. The van der Waals surface area contributed by atoms with Crippen LogP contribution in [0.25, 0.3) is 10.8 Å². The maximum atomic E-state index is 6.52. The molecule has 0 saturated heterocycles. The number of rotatable bonds is 0. The highest BCUT2D eigenvalue weighted by Gasteiger charge is 2.42. The number of anilines is 1. The summed E-state index contributed by atoms with van der Waals surface area (Å²) in [6.07, 6.45) is 1.16. The molecule has 2 heterocycles. The zero-order valence-corrected chi connectivity index (χ0v) is 13.4. The van der Waals surface area contributed by atoms with Gasteiger partial charge in [0, 0.05) is 24.2 Å². The average Bonchev–Trinajstić information content (AvgIpc) is 2.87. The molecule has 0 aliphatic carbocycles. The highest BCUT2D eigenvalue weighted by atomic mass is 16.5. The van der Waals surface area contributed by atoms with Crippen LogP contribution in [0.15, 0.2) is 54.6 Å². The van der Waals surface area contributed by atoms with E-state index in [1.165, 1.54) is 33.2 Å². The summed E-state index contributed by atoms with van der Waals surface area (Å²) in [7, 11) is 2.14. The summed E-state index contributed by atoms with van der Waals surface area (Å²) in [5.41, 5.74) is 5.32. The molecule has 0 spiro atoms. The van der Waals surface area contributed by atoms with E-state index in [0.717, 1.165) is 12.2 Å². The van der Waals surface area contributed by atoms with Crippen molar-refractivity contribution in [2.24, 2.45) is 0 Å². The third-order valence-electron chi connectivity index (χ3n) is 5.39. The van der Waals surface area contributed by atoms with Crippen molar-refractivity contribution in [1.29, 1.82) is 0 Å². The first-order chi connectivity index (χ1) is 11.2. The number of likely N-dealkylation sites (N-methyl/N-ethyl adjacent to an activating group) is 1. The fraction of sp³-hybridized carbons (Fsp3) is 0.238. The van der Waals surface area contributed by atoms with E-state index in [0.29, 0.717) is 5.92 Å². The van der Waals surface area contributed by atoms with Crippen molar-refractivity contribution >= 4 is 16.5 Å². The number of aryl methyl sites for hydroxylation is 1. The van der Waals surface area contributed by atoms with Crippen LogP contribution < -0.4 is 9.64 Å². The Kier molecular flexibility index (Phi) is 2.55. The molecule has 0 fully saturated rings. The van der Waals surface area contributed by atoms with E-state index in [1.807, 2.05) is 0 Å². The van der Waals surface area contributed by atoms with Gasteiger partial charge in [-0.05, 0) is 47.4 Å². The summed E-state index contributed by atoms with van der Waals surface area (Å²) in [6, 6.07) is 19.6. The van der Waals surface area contributed by atoms with Gasteiger partial charge in [-0.1, -0.05) is 42.5 Å². The van der Waals surface area contributed by atoms with E-state index in [-0.39, 0.29) is 6.23 Å². The van der Waals surface area contributed by atoms with Crippen molar-refractivity contribution in [2.45, 2.75) is 25.5 Å². The van der Waals surface area contributed by atoms with E-state index in [4.69, 9.17) is 4.74 Å². The molecule has 2 heteroatoms. The van der Waals surface area contributed by atoms with Crippen molar-refractivity contribution < 1.29 is 4.74 Å². The summed E-state index contributed by atoms with van der Waals surface area (Å²) in [5, 5.41) is 2.64. The number of benzene rings is 3. The van der Waals surface area contributed by atoms with Crippen LogP contribution in [0.3, 0.4) is 0 Å². The molecule has 2 aliphatic heterocycles. The SMILES string of the molecule is Cc1cc2ccccc2c2c1O[C@H]1[C@@H](C2)c2ccccc2N1C. The molecule has 2 aliphatic rings. The zero-order valence-electron chi connectivity index (χ0n) is 13.4. The second kappa shape index (κ2) is 4.51. The molecule has 3 aromatic carbocycles. The maximum Gasteiger partial charge on any atom is 0.179 e. The molecule has 2 nitrogen and oxygen atoms in total. The first kappa shape index (κ1) is 13.0. The number of hydrogen-bond donors (Lipinski definition) is 0. The summed E-state index contributed by atoms with van der Waals surface area (Å²) in [6.45, 7) is 2.16. The largest absolute Gasteiger partial charge is 0.469 e. The van der Waals surface area contributed by atoms with Gasteiger partial charge in [-0.3, -0.25) is 0 Å². The fourth-order valence-corrected chi connectivity index (χ4v) is 4.32. The first-order valence-corrected chi connectivity index (χ1v) is 8.23. The van der Waals surface area contributed by atoms with Crippen LogP contribution in [0.5, 0.6) is 5.75 Å². The number of fused-ring (bicyclic) bond motifs is 6. The van der Waals surface area contributed by atoms with Gasteiger partial charge in [-0.15, -0.1) is 0 Å².